The third-order valence-electron chi connectivity index (χ3n) is 3.07. The highest BCUT2D eigenvalue weighted by Crippen LogP contribution is 2.12. The van der Waals surface area contributed by atoms with E-state index in [0.717, 1.165) is 25.7 Å². The largest absolute Gasteiger partial charge is 0.469 e. The fourth-order valence-corrected chi connectivity index (χ4v) is 1.90. The Balaban J connectivity index is 3.14. The number of hydrogen-bond acceptors (Lipinski definition) is 4. The van der Waals surface area contributed by atoms with Crippen LogP contribution in [0.1, 0.15) is 57.8 Å². The first-order valence-electron chi connectivity index (χ1n) is 6.87. The van der Waals surface area contributed by atoms with Gasteiger partial charge in [-0.15, -0.1) is 0 Å². The second-order valence-corrected chi connectivity index (χ2v) is 4.49. The smallest absolute Gasteiger partial charge is 0.305 e. The third-order valence-corrected chi connectivity index (χ3v) is 3.07. The Morgan fingerprint density at radius 2 is 1.33 bits per heavy atom. The maximum absolute atomic E-state index is 10.9. The van der Waals surface area contributed by atoms with Crippen molar-refractivity contribution in [2.24, 2.45) is 0 Å². The van der Waals surface area contributed by atoms with Crippen molar-refractivity contribution in [2.75, 3.05) is 21.3 Å². The fraction of sp³-hybridized carbons (Fsp3) is 0.929. The van der Waals surface area contributed by atoms with Crippen LogP contribution in [-0.2, 0) is 19.0 Å². The quantitative estimate of drug-likeness (QED) is 0.307. The van der Waals surface area contributed by atoms with Crippen LogP contribution in [0.3, 0.4) is 0 Å². The summed E-state index contributed by atoms with van der Waals surface area (Å²) in [4.78, 5) is 10.9. The number of esters is 1. The van der Waals surface area contributed by atoms with Crippen molar-refractivity contribution in [3.8, 4) is 0 Å². The predicted molar refractivity (Wildman–Crippen MR) is 71.4 cm³/mol. The van der Waals surface area contributed by atoms with Crippen molar-refractivity contribution in [3.05, 3.63) is 0 Å². The van der Waals surface area contributed by atoms with Gasteiger partial charge in [0.15, 0.2) is 6.29 Å². The summed E-state index contributed by atoms with van der Waals surface area (Å²) in [7, 11) is 4.79. The number of hydrogen-bond donors (Lipinski definition) is 0. The molecular weight excluding hydrogens is 232 g/mol. The standard InChI is InChI=1S/C14H28O4/c1-16-13(15)11-9-7-5-4-6-8-10-12-14(17-2)18-3/h14H,4-12H2,1-3H3. The first-order chi connectivity index (χ1) is 8.74. The first-order valence-corrected chi connectivity index (χ1v) is 6.87. The molecule has 108 valence electrons. The normalized spacial score (nSPS) is 10.9. The van der Waals surface area contributed by atoms with E-state index in [9.17, 15) is 4.79 Å². The molecule has 0 fully saturated rings. The second-order valence-electron chi connectivity index (χ2n) is 4.49. The maximum Gasteiger partial charge on any atom is 0.305 e. The van der Waals surface area contributed by atoms with Gasteiger partial charge in [-0.05, 0) is 19.3 Å². The second kappa shape index (κ2) is 12.8. The van der Waals surface area contributed by atoms with E-state index in [1.165, 1.54) is 32.8 Å². The van der Waals surface area contributed by atoms with Gasteiger partial charge in [0.05, 0.1) is 7.11 Å². The molecule has 0 heterocycles. The van der Waals surface area contributed by atoms with E-state index >= 15 is 0 Å². The molecule has 0 spiro atoms. The molecule has 0 N–H and O–H groups in total. The summed E-state index contributed by atoms with van der Waals surface area (Å²) in [6.07, 6.45) is 9.60. The molecule has 0 aromatic rings. The van der Waals surface area contributed by atoms with E-state index in [4.69, 9.17) is 9.47 Å². The lowest BCUT2D eigenvalue weighted by molar-refractivity contribution is -0.140. The molecular formula is C14H28O4. The molecule has 0 atom stereocenters. The van der Waals surface area contributed by atoms with Crippen molar-refractivity contribution in [1.82, 2.24) is 0 Å². The number of carbonyl (C=O) groups is 1. The van der Waals surface area contributed by atoms with Crippen LogP contribution >= 0.6 is 0 Å². The van der Waals surface area contributed by atoms with Crippen molar-refractivity contribution < 1.29 is 19.0 Å². The van der Waals surface area contributed by atoms with Gasteiger partial charge in [0.2, 0.25) is 0 Å². The van der Waals surface area contributed by atoms with Gasteiger partial charge in [-0.2, -0.15) is 0 Å². The minimum absolute atomic E-state index is 0.0509. The van der Waals surface area contributed by atoms with Gasteiger partial charge < -0.3 is 14.2 Å². The third kappa shape index (κ3) is 10.5. The maximum atomic E-state index is 10.9. The van der Waals surface area contributed by atoms with Crippen LogP contribution in [0, 0.1) is 0 Å². The average molecular weight is 260 g/mol. The van der Waals surface area contributed by atoms with Gasteiger partial charge >= 0.3 is 5.97 Å². The number of methoxy groups -OCH3 is 3. The highest BCUT2D eigenvalue weighted by molar-refractivity contribution is 5.68. The first kappa shape index (κ1) is 17.4. The zero-order valence-electron chi connectivity index (χ0n) is 12.1. The molecule has 4 nitrogen and oxygen atoms in total. The van der Waals surface area contributed by atoms with Crippen molar-refractivity contribution >= 4 is 5.97 Å². The van der Waals surface area contributed by atoms with E-state index in [2.05, 4.69) is 4.74 Å². The Hall–Kier alpha value is -0.610. The van der Waals surface area contributed by atoms with E-state index in [1.54, 1.807) is 14.2 Å². The highest BCUT2D eigenvalue weighted by Gasteiger charge is 2.03. The average Bonchev–Trinajstić information content (AvgIpc) is 2.40. The van der Waals surface area contributed by atoms with E-state index in [-0.39, 0.29) is 12.3 Å². The Morgan fingerprint density at radius 1 is 0.833 bits per heavy atom. The van der Waals surface area contributed by atoms with Crippen molar-refractivity contribution in [1.29, 1.82) is 0 Å². The minimum atomic E-state index is -0.0971. The predicted octanol–water partition coefficient (Wildman–Crippen LogP) is 3.29. The van der Waals surface area contributed by atoms with Crippen LogP contribution in [0.5, 0.6) is 0 Å². The fourth-order valence-electron chi connectivity index (χ4n) is 1.90. The molecule has 0 rings (SSSR count). The Kier molecular flexibility index (Phi) is 12.4. The molecule has 0 aromatic carbocycles. The zero-order valence-corrected chi connectivity index (χ0v) is 12.1. The van der Waals surface area contributed by atoms with Gasteiger partial charge in [-0.25, -0.2) is 0 Å². The van der Waals surface area contributed by atoms with Crippen LogP contribution in [0.4, 0.5) is 0 Å². The van der Waals surface area contributed by atoms with Crippen LogP contribution in [0.2, 0.25) is 0 Å². The van der Waals surface area contributed by atoms with Gasteiger partial charge in [-0.3, -0.25) is 4.79 Å². The Labute approximate surface area is 111 Å². The summed E-state index contributed by atoms with van der Waals surface area (Å²) in [6, 6.07) is 0. The van der Waals surface area contributed by atoms with Gasteiger partial charge in [-0.1, -0.05) is 32.1 Å². The molecule has 0 saturated heterocycles. The minimum Gasteiger partial charge on any atom is -0.469 e. The van der Waals surface area contributed by atoms with Gasteiger partial charge in [0.25, 0.3) is 0 Å². The number of ether oxygens (including phenoxy) is 3. The van der Waals surface area contributed by atoms with Crippen molar-refractivity contribution in [3.63, 3.8) is 0 Å². The molecule has 0 aliphatic carbocycles. The molecule has 4 heteroatoms. The summed E-state index contributed by atoms with van der Waals surface area (Å²) in [6.45, 7) is 0. The molecule has 0 unspecified atom stereocenters. The molecule has 0 saturated carbocycles. The summed E-state index contributed by atoms with van der Waals surface area (Å²) in [5.74, 6) is -0.0971. The molecule has 0 radical (unpaired) electrons. The number of carbonyl (C=O) groups excluding carboxylic acids is 1. The summed E-state index contributed by atoms with van der Waals surface area (Å²) < 4.78 is 14.8. The monoisotopic (exact) mass is 260 g/mol. The number of unbranched alkanes of at least 4 members (excludes halogenated alkanes) is 6. The highest BCUT2D eigenvalue weighted by atomic mass is 16.7. The lowest BCUT2D eigenvalue weighted by Gasteiger charge is -2.12. The van der Waals surface area contributed by atoms with Crippen molar-refractivity contribution in [2.45, 2.75) is 64.1 Å². The molecule has 0 aliphatic heterocycles. The molecule has 0 bridgehead atoms. The lowest BCUT2D eigenvalue weighted by atomic mass is 10.1. The SMILES string of the molecule is COC(=O)CCCCCCCCCC(OC)OC. The summed E-state index contributed by atoms with van der Waals surface area (Å²) in [5, 5.41) is 0. The van der Waals surface area contributed by atoms with Crippen LogP contribution in [0.25, 0.3) is 0 Å². The lowest BCUT2D eigenvalue weighted by Crippen LogP contribution is -2.12. The van der Waals surface area contributed by atoms with E-state index in [0.29, 0.717) is 6.42 Å². The van der Waals surface area contributed by atoms with Crippen LogP contribution in [-0.4, -0.2) is 33.6 Å². The number of rotatable bonds is 12. The van der Waals surface area contributed by atoms with E-state index < -0.39 is 0 Å². The molecule has 18 heavy (non-hydrogen) atoms. The Morgan fingerprint density at radius 3 is 1.83 bits per heavy atom. The van der Waals surface area contributed by atoms with Gasteiger partial charge in [0, 0.05) is 20.6 Å². The molecule has 0 aliphatic rings. The van der Waals surface area contributed by atoms with Crippen LogP contribution < -0.4 is 0 Å². The topological polar surface area (TPSA) is 44.8 Å². The van der Waals surface area contributed by atoms with Crippen LogP contribution in [0.15, 0.2) is 0 Å². The van der Waals surface area contributed by atoms with Gasteiger partial charge in [0.1, 0.15) is 0 Å². The zero-order chi connectivity index (χ0) is 13.6. The summed E-state index contributed by atoms with van der Waals surface area (Å²) in [5.41, 5.74) is 0. The Bertz CT molecular complexity index is 190. The van der Waals surface area contributed by atoms with E-state index in [1.807, 2.05) is 0 Å². The molecule has 0 aromatic heterocycles. The summed E-state index contributed by atoms with van der Waals surface area (Å²) >= 11 is 0. The molecule has 0 amide bonds.